The number of carbonyl (C=O) groups is 1. The summed E-state index contributed by atoms with van der Waals surface area (Å²) in [6.07, 6.45) is -2.63. The number of halogens is 3. The van der Waals surface area contributed by atoms with E-state index in [1.54, 1.807) is 37.5 Å². The normalized spacial score (nSPS) is 21.3. The molecule has 2 saturated heterocycles. The highest BCUT2D eigenvalue weighted by Gasteiger charge is 2.43. The molecule has 0 spiro atoms. The minimum atomic E-state index is -4.36. The molecule has 10 heteroatoms. The summed E-state index contributed by atoms with van der Waals surface area (Å²) in [5.41, 5.74) is 0.894. The highest BCUT2D eigenvalue weighted by Crippen LogP contribution is 2.40. The van der Waals surface area contributed by atoms with E-state index in [4.69, 9.17) is 0 Å². The zero-order chi connectivity index (χ0) is 22.5. The molecule has 1 N–H and O–H groups in total. The van der Waals surface area contributed by atoms with Gasteiger partial charge in [0.2, 0.25) is 0 Å². The van der Waals surface area contributed by atoms with Crippen molar-refractivity contribution in [1.82, 2.24) is 24.8 Å². The second-order valence-corrected chi connectivity index (χ2v) is 8.48. The number of nitrogens with zero attached hydrogens (tertiary/aromatic N) is 5. The van der Waals surface area contributed by atoms with E-state index in [1.165, 1.54) is 6.07 Å². The molecule has 5 rings (SSSR count). The van der Waals surface area contributed by atoms with Crippen molar-refractivity contribution in [3.05, 3.63) is 59.5 Å². The van der Waals surface area contributed by atoms with Crippen molar-refractivity contribution in [2.45, 2.75) is 12.7 Å². The summed E-state index contributed by atoms with van der Waals surface area (Å²) in [6, 6.07) is 9.28. The third-order valence-electron chi connectivity index (χ3n) is 6.44. The van der Waals surface area contributed by atoms with Crippen molar-refractivity contribution in [3.8, 4) is 0 Å². The molecule has 4 heterocycles. The van der Waals surface area contributed by atoms with Crippen LogP contribution in [0.1, 0.15) is 21.7 Å². The summed E-state index contributed by atoms with van der Waals surface area (Å²) in [5.74, 6) is 1.17. The Morgan fingerprint density at radius 1 is 1.06 bits per heavy atom. The number of carbonyl (C=O) groups excluding carboxylic acids is 1. The van der Waals surface area contributed by atoms with Crippen LogP contribution in [0.25, 0.3) is 5.65 Å². The Balaban J connectivity index is 1.29. The number of amides is 1. The maximum absolute atomic E-state index is 13.4. The number of nitrogens with one attached hydrogen (secondary N) is 1. The quantitative estimate of drug-likeness (QED) is 0.671. The highest BCUT2D eigenvalue weighted by atomic mass is 19.4. The van der Waals surface area contributed by atoms with Crippen LogP contribution in [0.15, 0.2) is 42.6 Å². The van der Waals surface area contributed by atoms with Crippen LogP contribution in [0, 0.1) is 11.8 Å². The molecular weight excluding hydrogens is 421 g/mol. The predicted molar refractivity (Wildman–Crippen MR) is 112 cm³/mol. The highest BCUT2D eigenvalue weighted by molar-refractivity contribution is 5.93. The van der Waals surface area contributed by atoms with E-state index in [0.29, 0.717) is 42.7 Å². The van der Waals surface area contributed by atoms with E-state index in [1.807, 2.05) is 9.30 Å². The third-order valence-corrected chi connectivity index (χ3v) is 6.44. The minimum Gasteiger partial charge on any atom is -0.370 e. The van der Waals surface area contributed by atoms with E-state index >= 15 is 0 Å². The SMILES string of the molecule is CNC(=O)c1ccc2nnc(CN3C[C@@H]4CN(c5ccccc5C(F)(F)F)C[C@@H]4C3)n2c1. The van der Waals surface area contributed by atoms with Crippen LogP contribution >= 0.6 is 0 Å². The van der Waals surface area contributed by atoms with Crippen LogP contribution in [0.3, 0.4) is 0 Å². The van der Waals surface area contributed by atoms with Crippen molar-refractivity contribution < 1.29 is 18.0 Å². The van der Waals surface area contributed by atoms with Crippen LogP contribution in [-0.2, 0) is 12.7 Å². The van der Waals surface area contributed by atoms with Crippen molar-refractivity contribution in [2.75, 3.05) is 38.1 Å². The maximum Gasteiger partial charge on any atom is 0.418 e. The van der Waals surface area contributed by atoms with E-state index in [9.17, 15) is 18.0 Å². The molecule has 0 aliphatic carbocycles. The average Bonchev–Trinajstić information content (AvgIpc) is 3.46. The molecule has 2 atom stereocenters. The Hall–Kier alpha value is -3.14. The van der Waals surface area contributed by atoms with Crippen LogP contribution in [0.2, 0.25) is 0 Å². The van der Waals surface area contributed by atoms with E-state index in [-0.39, 0.29) is 11.6 Å². The average molecular weight is 444 g/mol. The lowest BCUT2D eigenvalue weighted by Gasteiger charge is -2.25. The predicted octanol–water partition coefficient (Wildman–Crippen LogP) is 2.68. The van der Waals surface area contributed by atoms with Gasteiger partial charge in [0.05, 0.1) is 17.7 Å². The summed E-state index contributed by atoms with van der Waals surface area (Å²) in [6.45, 7) is 3.37. The Kier molecular flexibility index (Phi) is 5.04. The smallest absolute Gasteiger partial charge is 0.370 e. The summed E-state index contributed by atoms with van der Waals surface area (Å²) >= 11 is 0. The molecular formula is C22H23F3N6O. The molecule has 2 fully saturated rings. The van der Waals surface area contributed by atoms with Gasteiger partial charge in [0.25, 0.3) is 5.91 Å². The number of aromatic nitrogens is 3. The van der Waals surface area contributed by atoms with Crippen molar-refractivity contribution in [2.24, 2.45) is 11.8 Å². The second-order valence-electron chi connectivity index (χ2n) is 8.48. The van der Waals surface area contributed by atoms with Gasteiger partial charge in [-0.15, -0.1) is 10.2 Å². The lowest BCUT2D eigenvalue weighted by atomic mass is 10.0. The number of fused-ring (bicyclic) bond motifs is 2. The molecule has 0 unspecified atom stereocenters. The Labute approximate surface area is 182 Å². The van der Waals surface area contributed by atoms with Crippen LogP contribution in [0.4, 0.5) is 18.9 Å². The fourth-order valence-corrected chi connectivity index (χ4v) is 4.93. The van der Waals surface area contributed by atoms with Crippen molar-refractivity contribution >= 4 is 17.2 Å². The maximum atomic E-state index is 13.4. The molecule has 2 aliphatic rings. The van der Waals surface area contributed by atoms with Gasteiger partial charge in [-0.3, -0.25) is 14.1 Å². The first-order valence-corrected chi connectivity index (χ1v) is 10.5. The molecule has 0 saturated carbocycles. The van der Waals surface area contributed by atoms with Gasteiger partial charge in [0.1, 0.15) is 0 Å². The molecule has 0 bridgehead atoms. The van der Waals surface area contributed by atoms with E-state index in [0.717, 1.165) is 25.0 Å². The number of anilines is 1. The molecule has 2 aromatic heterocycles. The van der Waals surface area contributed by atoms with Gasteiger partial charge >= 0.3 is 6.18 Å². The van der Waals surface area contributed by atoms with Crippen LogP contribution in [-0.4, -0.2) is 58.6 Å². The summed E-state index contributed by atoms with van der Waals surface area (Å²) in [4.78, 5) is 16.1. The first kappa shape index (κ1) is 20.7. The Bertz CT molecular complexity index is 1150. The summed E-state index contributed by atoms with van der Waals surface area (Å²) in [7, 11) is 1.58. The number of hydrogen-bond acceptors (Lipinski definition) is 5. The van der Waals surface area contributed by atoms with Gasteiger partial charge in [-0.1, -0.05) is 12.1 Å². The topological polar surface area (TPSA) is 65.8 Å². The van der Waals surface area contributed by atoms with Crippen LogP contribution in [0.5, 0.6) is 0 Å². The Morgan fingerprint density at radius 3 is 2.47 bits per heavy atom. The van der Waals surface area contributed by atoms with Gasteiger partial charge in [-0.05, 0) is 36.1 Å². The monoisotopic (exact) mass is 444 g/mol. The van der Waals surface area contributed by atoms with Gasteiger partial charge < -0.3 is 10.2 Å². The fraction of sp³-hybridized carbons (Fsp3) is 0.409. The number of hydrogen-bond donors (Lipinski definition) is 1. The lowest BCUT2D eigenvalue weighted by molar-refractivity contribution is -0.137. The van der Waals surface area contributed by atoms with Crippen LogP contribution < -0.4 is 10.2 Å². The second kappa shape index (κ2) is 7.77. The summed E-state index contributed by atoms with van der Waals surface area (Å²) < 4.78 is 42.1. The van der Waals surface area contributed by atoms with Gasteiger partial charge in [0.15, 0.2) is 11.5 Å². The molecule has 168 valence electrons. The lowest BCUT2D eigenvalue weighted by Crippen LogP contribution is -2.30. The summed E-state index contributed by atoms with van der Waals surface area (Å²) in [5, 5.41) is 11.1. The molecule has 1 aromatic carbocycles. The Morgan fingerprint density at radius 2 is 1.78 bits per heavy atom. The number of rotatable bonds is 4. The molecule has 2 aliphatic heterocycles. The van der Waals surface area contributed by atoms with Gasteiger partial charge in [-0.2, -0.15) is 13.2 Å². The standard InChI is InChI=1S/C22H23F3N6O/c1-26-21(32)14-6-7-19-27-28-20(31(19)12-14)13-29-8-15-10-30(11-16(15)9-29)18-5-3-2-4-17(18)22(23,24)25/h2-7,12,15-16H,8-11,13H2,1H3,(H,26,32)/t15-,16+. The minimum absolute atomic E-state index is 0.179. The van der Waals surface area contributed by atoms with E-state index in [2.05, 4.69) is 20.4 Å². The fourth-order valence-electron chi connectivity index (χ4n) is 4.93. The number of alkyl halides is 3. The molecule has 1 amide bonds. The first-order chi connectivity index (χ1) is 15.3. The van der Waals surface area contributed by atoms with E-state index < -0.39 is 11.7 Å². The number of benzene rings is 1. The number of likely N-dealkylation sites (tertiary alicyclic amines) is 1. The number of pyridine rings is 1. The number of para-hydroxylation sites is 1. The first-order valence-electron chi connectivity index (χ1n) is 10.5. The third kappa shape index (κ3) is 3.68. The van der Waals surface area contributed by atoms with Gasteiger partial charge in [0, 0.05) is 45.1 Å². The molecule has 0 radical (unpaired) electrons. The molecule has 32 heavy (non-hydrogen) atoms. The van der Waals surface area contributed by atoms with Crippen molar-refractivity contribution in [3.63, 3.8) is 0 Å². The van der Waals surface area contributed by atoms with Gasteiger partial charge in [-0.25, -0.2) is 0 Å². The molecule has 7 nitrogen and oxygen atoms in total. The van der Waals surface area contributed by atoms with Crippen molar-refractivity contribution in [1.29, 1.82) is 0 Å². The molecule has 3 aromatic rings. The zero-order valence-electron chi connectivity index (χ0n) is 17.5. The zero-order valence-corrected chi connectivity index (χ0v) is 17.5. The largest absolute Gasteiger partial charge is 0.418 e.